The van der Waals surface area contributed by atoms with Crippen LogP contribution in [-0.4, -0.2) is 16.7 Å². The highest BCUT2D eigenvalue weighted by atomic mass is 32.1. The smallest absolute Gasteiger partial charge is 0.198 e. The Kier molecular flexibility index (Phi) is 3.40. The van der Waals surface area contributed by atoms with Crippen LogP contribution in [-0.2, 0) is 0 Å². The lowest BCUT2D eigenvalue weighted by Gasteiger charge is -2.23. The van der Waals surface area contributed by atoms with Crippen LogP contribution in [0.2, 0.25) is 0 Å². The van der Waals surface area contributed by atoms with E-state index in [0.29, 0.717) is 11.1 Å². The minimum Gasteiger partial charge on any atom is -0.506 e. The number of carbonyl (C=O) groups is 2. The van der Waals surface area contributed by atoms with Crippen molar-refractivity contribution in [2.45, 2.75) is 4.90 Å². The molecular weight excluding hydrogens is 334 g/mol. The van der Waals surface area contributed by atoms with Crippen molar-refractivity contribution in [3.63, 3.8) is 0 Å². The van der Waals surface area contributed by atoms with Crippen molar-refractivity contribution in [1.29, 1.82) is 0 Å². The SMILES string of the molecule is Nc1c2c(c(O)c(S)c1-c1ccccc1)C(=O)c1ccccc1C2=O. The van der Waals surface area contributed by atoms with E-state index in [-0.39, 0.29) is 44.4 Å². The maximum absolute atomic E-state index is 13.0. The molecule has 3 N–H and O–H groups in total. The van der Waals surface area contributed by atoms with Gasteiger partial charge in [-0.15, -0.1) is 12.6 Å². The molecule has 0 heterocycles. The van der Waals surface area contributed by atoms with Gasteiger partial charge in [0.1, 0.15) is 5.75 Å². The van der Waals surface area contributed by atoms with Crippen LogP contribution >= 0.6 is 12.6 Å². The van der Waals surface area contributed by atoms with Gasteiger partial charge < -0.3 is 10.8 Å². The number of phenols is 1. The summed E-state index contributed by atoms with van der Waals surface area (Å²) in [5.41, 5.74) is 8.10. The maximum atomic E-state index is 13.0. The van der Waals surface area contributed by atoms with E-state index in [4.69, 9.17) is 5.73 Å². The molecule has 0 saturated carbocycles. The van der Waals surface area contributed by atoms with E-state index in [2.05, 4.69) is 12.6 Å². The molecule has 4 rings (SSSR count). The highest BCUT2D eigenvalue weighted by Crippen LogP contribution is 2.46. The van der Waals surface area contributed by atoms with E-state index in [9.17, 15) is 14.7 Å². The molecule has 1 aliphatic carbocycles. The molecule has 5 heteroatoms. The van der Waals surface area contributed by atoms with Crippen molar-refractivity contribution in [2.75, 3.05) is 5.73 Å². The predicted molar refractivity (Wildman–Crippen MR) is 98.5 cm³/mol. The number of aromatic hydroxyl groups is 1. The van der Waals surface area contributed by atoms with Gasteiger partial charge in [-0.2, -0.15) is 0 Å². The zero-order valence-corrected chi connectivity index (χ0v) is 13.9. The summed E-state index contributed by atoms with van der Waals surface area (Å²) in [7, 11) is 0. The molecular formula is C20H13NO3S. The molecule has 0 bridgehead atoms. The van der Waals surface area contributed by atoms with Crippen LogP contribution in [0.25, 0.3) is 11.1 Å². The number of hydrogen-bond acceptors (Lipinski definition) is 5. The summed E-state index contributed by atoms with van der Waals surface area (Å²) in [6, 6.07) is 15.6. The summed E-state index contributed by atoms with van der Waals surface area (Å²) < 4.78 is 0. The number of phenolic OH excluding ortho intramolecular Hbond substituents is 1. The lowest BCUT2D eigenvalue weighted by atomic mass is 9.81. The summed E-state index contributed by atoms with van der Waals surface area (Å²) in [5, 5.41) is 10.6. The summed E-state index contributed by atoms with van der Waals surface area (Å²) in [5.74, 6) is -1.12. The third-order valence-electron chi connectivity index (χ3n) is 4.42. The van der Waals surface area contributed by atoms with Gasteiger partial charge >= 0.3 is 0 Å². The maximum Gasteiger partial charge on any atom is 0.198 e. The molecule has 4 nitrogen and oxygen atoms in total. The lowest BCUT2D eigenvalue weighted by Crippen LogP contribution is -2.23. The van der Waals surface area contributed by atoms with Gasteiger partial charge in [0.25, 0.3) is 0 Å². The number of ketones is 2. The topological polar surface area (TPSA) is 80.4 Å². The largest absolute Gasteiger partial charge is 0.506 e. The lowest BCUT2D eigenvalue weighted by molar-refractivity contribution is 0.0977. The number of thiol groups is 1. The highest BCUT2D eigenvalue weighted by Gasteiger charge is 2.36. The molecule has 0 radical (unpaired) electrons. The second-order valence-corrected chi connectivity index (χ2v) is 6.25. The van der Waals surface area contributed by atoms with Crippen LogP contribution in [0.15, 0.2) is 59.5 Å². The summed E-state index contributed by atoms with van der Waals surface area (Å²) in [6.45, 7) is 0. The molecule has 0 aromatic heterocycles. The van der Waals surface area contributed by atoms with E-state index in [1.54, 1.807) is 36.4 Å². The monoisotopic (exact) mass is 347 g/mol. The van der Waals surface area contributed by atoms with Gasteiger partial charge in [-0.3, -0.25) is 9.59 Å². The number of rotatable bonds is 1. The van der Waals surface area contributed by atoms with Gasteiger partial charge in [-0.1, -0.05) is 54.6 Å². The Hall–Kier alpha value is -3.05. The molecule has 1 aliphatic rings. The molecule has 0 aliphatic heterocycles. The van der Waals surface area contributed by atoms with Crippen molar-refractivity contribution < 1.29 is 14.7 Å². The summed E-state index contributed by atoms with van der Waals surface area (Å²) in [6.07, 6.45) is 0. The van der Waals surface area contributed by atoms with Crippen molar-refractivity contribution in [3.05, 3.63) is 76.9 Å². The third kappa shape index (κ3) is 2.09. The van der Waals surface area contributed by atoms with E-state index >= 15 is 0 Å². The first kappa shape index (κ1) is 15.5. The van der Waals surface area contributed by atoms with Crippen LogP contribution in [0.5, 0.6) is 5.75 Å². The van der Waals surface area contributed by atoms with E-state index in [0.717, 1.165) is 0 Å². The first-order chi connectivity index (χ1) is 12.0. The normalized spacial score (nSPS) is 12.7. The Morgan fingerprint density at radius 2 is 1.28 bits per heavy atom. The van der Waals surface area contributed by atoms with Crippen molar-refractivity contribution in [1.82, 2.24) is 0 Å². The van der Waals surface area contributed by atoms with Crippen LogP contribution in [0, 0.1) is 0 Å². The summed E-state index contributed by atoms with van der Waals surface area (Å²) in [4.78, 5) is 26.0. The number of nitrogens with two attached hydrogens (primary N) is 1. The fourth-order valence-electron chi connectivity index (χ4n) is 3.24. The third-order valence-corrected chi connectivity index (χ3v) is 4.85. The highest BCUT2D eigenvalue weighted by molar-refractivity contribution is 7.80. The first-order valence-corrected chi connectivity index (χ1v) is 8.08. The van der Waals surface area contributed by atoms with Crippen LogP contribution in [0.3, 0.4) is 0 Å². The fraction of sp³-hybridized carbons (Fsp3) is 0. The minimum absolute atomic E-state index is 0.0397. The Labute approximate surface area is 149 Å². The second kappa shape index (κ2) is 5.50. The number of carbonyl (C=O) groups excluding carboxylic acids is 2. The average Bonchev–Trinajstić information content (AvgIpc) is 2.64. The molecule has 25 heavy (non-hydrogen) atoms. The Morgan fingerprint density at radius 1 is 0.760 bits per heavy atom. The molecule has 0 atom stereocenters. The van der Waals surface area contributed by atoms with Crippen molar-refractivity contribution in [2.24, 2.45) is 0 Å². The van der Waals surface area contributed by atoms with Gasteiger partial charge in [0.05, 0.1) is 21.7 Å². The van der Waals surface area contributed by atoms with Crippen LogP contribution in [0.1, 0.15) is 31.8 Å². The van der Waals surface area contributed by atoms with E-state index < -0.39 is 5.78 Å². The van der Waals surface area contributed by atoms with Crippen molar-refractivity contribution >= 4 is 29.9 Å². The number of anilines is 1. The predicted octanol–water partition coefficient (Wildman–Crippen LogP) is 3.71. The van der Waals surface area contributed by atoms with E-state index in [1.165, 1.54) is 0 Å². The molecule has 3 aromatic rings. The molecule has 0 fully saturated rings. The van der Waals surface area contributed by atoms with E-state index in [1.807, 2.05) is 18.2 Å². The molecule has 0 amide bonds. The second-order valence-electron chi connectivity index (χ2n) is 5.81. The standard InChI is InChI=1S/C20H13NO3S/c21-16-13(10-6-2-1-3-7-10)20(25)19(24)15-14(16)17(22)11-8-4-5-9-12(11)18(15)23/h1-9,24-25H,21H2. The number of fused-ring (bicyclic) bond motifs is 2. The van der Waals surface area contributed by atoms with Gasteiger partial charge in [-0.05, 0) is 5.56 Å². The Bertz CT molecular complexity index is 1060. The molecule has 0 unspecified atom stereocenters. The average molecular weight is 347 g/mol. The molecule has 122 valence electrons. The Morgan fingerprint density at radius 3 is 1.88 bits per heavy atom. The van der Waals surface area contributed by atoms with Crippen LogP contribution < -0.4 is 5.73 Å². The van der Waals surface area contributed by atoms with Gasteiger partial charge in [-0.25, -0.2) is 0 Å². The zero-order valence-electron chi connectivity index (χ0n) is 13.0. The Balaban J connectivity index is 2.09. The quantitative estimate of drug-likeness (QED) is 0.279. The number of nitrogen functional groups attached to an aromatic ring is 1. The zero-order chi connectivity index (χ0) is 17.7. The summed E-state index contributed by atoms with van der Waals surface area (Å²) >= 11 is 4.37. The van der Waals surface area contributed by atoms with Gasteiger partial charge in [0, 0.05) is 16.7 Å². The van der Waals surface area contributed by atoms with Gasteiger partial charge in [0.15, 0.2) is 11.6 Å². The fourth-order valence-corrected chi connectivity index (χ4v) is 3.61. The minimum atomic E-state index is -0.427. The van der Waals surface area contributed by atoms with Gasteiger partial charge in [0.2, 0.25) is 0 Å². The molecule has 0 spiro atoms. The van der Waals surface area contributed by atoms with Crippen LogP contribution in [0.4, 0.5) is 5.69 Å². The first-order valence-electron chi connectivity index (χ1n) is 7.63. The molecule has 0 saturated heterocycles. The number of benzene rings is 3. The molecule has 3 aromatic carbocycles. The number of hydrogen-bond donors (Lipinski definition) is 3. The van der Waals surface area contributed by atoms with Crippen molar-refractivity contribution in [3.8, 4) is 16.9 Å².